The van der Waals surface area contributed by atoms with Crippen LogP contribution in [0.1, 0.15) is 40.7 Å². The average Bonchev–Trinajstić information content (AvgIpc) is 2.57. The van der Waals surface area contributed by atoms with E-state index in [2.05, 4.69) is 5.48 Å². The topological polar surface area (TPSA) is 107 Å². The van der Waals surface area contributed by atoms with Crippen molar-refractivity contribution in [1.29, 1.82) is 0 Å². The van der Waals surface area contributed by atoms with Crippen LogP contribution in [0.15, 0.2) is 23.1 Å². The summed E-state index contributed by atoms with van der Waals surface area (Å²) in [4.78, 5) is 42.1. The quantitative estimate of drug-likeness (QED) is 0.480. The number of Topliss-reactive ketones (excluding diaryl/α,β-unsaturated/α-hetero) is 3. The van der Waals surface area contributed by atoms with Crippen LogP contribution in [-0.2, 0) is 24.3 Å². The van der Waals surface area contributed by atoms with E-state index in [0.717, 1.165) is 0 Å². The molecule has 0 spiro atoms. The molecule has 1 saturated carbocycles. The van der Waals surface area contributed by atoms with Gasteiger partial charge in [-0.15, -0.1) is 0 Å². The zero-order valence-corrected chi connectivity index (χ0v) is 15.3. The molecule has 1 aliphatic carbocycles. The highest BCUT2D eigenvalue weighted by molar-refractivity contribution is 7.91. The predicted octanol–water partition coefficient (Wildman–Crippen LogP) is 1.40. The van der Waals surface area contributed by atoms with Crippen LogP contribution in [0, 0.1) is 12.8 Å². The van der Waals surface area contributed by atoms with Crippen molar-refractivity contribution >= 4 is 32.9 Å². The lowest BCUT2D eigenvalue weighted by atomic mass is 9.80. The van der Waals surface area contributed by atoms with Crippen molar-refractivity contribution in [3.05, 3.63) is 34.9 Å². The molecule has 0 unspecified atom stereocenters. The van der Waals surface area contributed by atoms with Crippen LogP contribution in [0.2, 0.25) is 0 Å². The fourth-order valence-corrected chi connectivity index (χ4v) is 4.90. The lowest BCUT2D eigenvalue weighted by Crippen LogP contribution is -2.36. The summed E-state index contributed by atoms with van der Waals surface area (Å²) in [6, 6.07) is 2.74. The van der Waals surface area contributed by atoms with E-state index < -0.39 is 21.5 Å². The number of carbonyl (C=O) groups is 3. The number of ketones is 3. The minimum atomic E-state index is -3.52. The van der Waals surface area contributed by atoms with E-state index >= 15 is 0 Å². The maximum atomic E-state index is 12.9. The number of carbonyl (C=O) groups excluding carboxylic acids is 3. The van der Waals surface area contributed by atoms with Crippen molar-refractivity contribution < 1.29 is 27.6 Å². The Morgan fingerprint density at radius 1 is 1.19 bits per heavy atom. The molecule has 0 amide bonds. The van der Waals surface area contributed by atoms with Crippen LogP contribution in [0.4, 0.5) is 0 Å². The third kappa shape index (κ3) is 2.99. The largest absolute Gasteiger partial charge is 0.298 e. The molecule has 26 heavy (non-hydrogen) atoms. The number of hydrogen-bond donors (Lipinski definition) is 1. The van der Waals surface area contributed by atoms with Gasteiger partial charge in [0.1, 0.15) is 5.92 Å². The Morgan fingerprint density at radius 2 is 1.85 bits per heavy atom. The monoisotopic (exact) mass is 377 g/mol. The summed E-state index contributed by atoms with van der Waals surface area (Å²) in [6.07, 6.45) is 2.35. The van der Waals surface area contributed by atoms with E-state index in [1.165, 1.54) is 25.3 Å². The van der Waals surface area contributed by atoms with Crippen LogP contribution in [0.25, 0.3) is 5.70 Å². The SMILES string of the molecule is CONC1=CCS(=O)(=O)c2ccc(C(=O)C3C(=O)CCCC3=O)c(C)c21. The highest BCUT2D eigenvalue weighted by Gasteiger charge is 2.38. The van der Waals surface area contributed by atoms with Crippen LogP contribution in [0.3, 0.4) is 0 Å². The van der Waals surface area contributed by atoms with E-state index in [-0.39, 0.29) is 40.6 Å². The Bertz CT molecular complexity index is 929. The maximum absolute atomic E-state index is 12.9. The predicted molar refractivity (Wildman–Crippen MR) is 93.0 cm³/mol. The van der Waals surface area contributed by atoms with Gasteiger partial charge in [0.15, 0.2) is 27.2 Å². The third-order valence-electron chi connectivity index (χ3n) is 4.77. The Balaban J connectivity index is 2.13. The minimum absolute atomic E-state index is 0.0925. The molecule has 1 aromatic carbocycles. The standard InChI is InChI=1S/C18H19NO6S/c1-10-11(18(22)17-13(20)4-3-5-14(17)21)6-7-15-16(10)12(19-25-2)8-9-26(15,23)24/h6-8,17,19H,3-5,9H2,1-2H3. The van der Waals surface area contributed by atoms with Gasteiger partial charge in [0.2, 0.25) is 0 Å². The summed E-state index contributed by atoms with van der Waals surface area (Å²) in [6.45, 7) is 1.61. The van der Waals surface area contributed by atoms with Gasteiger partial charge in [-0.25, -0.2) is 8.42 Å². The fraction of sp³-hybridized carbons (Fsp3) is 0.389. The first-order valence-electron chi connectivity index (χ1n) is 8.23. The average molecular weight is 377 g/mol. The molecule has 0 aromatic heterocycles. The molecule has 1 aliphatic heterocycles. The molecule has 3 rings (SSSR count). The molecule has 2 aliphatic rings. The van der Waals surface area contributed by atoms with Crippen molar-refractivity contribution in [2.45, 2.75) is 31.1 Å². The second kappa shape index (κ2) is 6.77. The molecule has 7 nitrogen and oxygen atoms in total. The van der Waals surface area contributed by atoms with E-state index in [1.807, 2.05) is 0 Å². The summed E-state index contributed by atoms with van der Waals surface area (Å²) in [5.74, 6) is -2.79. The number of fused-ring (bicyclic) bond motifs is 1. The molecule has 0 bridgehead atoms. The Morgan fingerprint density at radius 3 is 2.46 bits per heavy atom. The first-order chi connectivity index (χ1) is 12.3. The maximum Gasteiger partial charge on any atom is 0.182 e. The van der Waals surface area contributed by atoms with Gasteiger partial charge >= 0.3 is 0 Å². The second-order valence-corrected chi connectivity index (χ2v) is 8.40. The van der Waals surface area contributed by atoms with Gasteiger partial charge in [0.25, 0.3) is 0 Å². The first kappa shape index (κ1) is 18.5. The molecule has 0 atom stereocenters. The van der Waals surface area contributed by atoms with Crippen molar-refractivity contribution in [1.82, 2.24) is 5.48 Å². The van der Waals surface area contributed by atoms with E-state index in [0.29, 0.717) is 23.2 Å². The van der Waals surface area contributed by atoms with E-state index in [9.17, 15) is 22.8 Å². The summed E-state index contributed by atoms with van der Waals surface area (Å²) >= 11 is 0. The number of sulfone groups is 1. The molecule has 1 N–H and O–H groups in total. The van der Waals surface area contributed by atoms with Crippen LogP contribution in [0.5, 0.6) is 0 Å². The lowest BCUT2D eigenvalue weighted by Gasteiger charge is -2.24. The summed E-state index contributed by atoms with van der Waals surface area (Å²) in [5, 5.41) is 0. The molecule has 0 radical (unpaired) electrons. The Labute approximate surface area is 151 Å². The van der Waals surface area contributed by atoms with Crippen molar-refractivity contribution in [3.8, 4) is 0 Å². The highest BCUT2D eigenvalue weighted by Crippen LogP contribution is 2.34. The normalized spacial score (nSPS) is 19.7. The van der Waals surface area contributed by atoms with Crippen molar-refractivity contribution in [2.24, 2.45) is 5.92 Å². The molecule has 1 heterocycles. The zero-order chi connectivity index (χ0) is 19.1. The van der Waals surface area contributed by atoms with Gasteiger partial charge in [-0.05, 0) is 37.1 Å². The number of hydroxylamine groups is 1. The van der Waals surface area contributed by atoms with Gasteiger partial charge in [-0.1, -0.05) is 0 Å². The van der Waals surface area contributed by atoms with Gasteiger partial charge < -0.3 is 0 Å². The highest BCUT2D eigenvalue weighted by atomic mass is 32.2. The van der Waals surface area contributed by atoms with E-state index in [4.69, 9.17) is 4.84 Å². The molecular weight excluding hydrogens is 358 g/mol. The fourth-order valence-electron chi connectivity index (χ4n) is 3.49. The van der Waals surface area contributed by atoms with Crippen LogP contribution < -0.4 is 5.48 Å². The third-order valence-corrected chi connectivity index (χ3v) is 6.38. The van der Waals surface area contributed by atoms with Crippen molar-refractivity contribution in [3.63, 3.8) is 0 Å². The van der Waals surface area contributed by atoms with Gasteiger partial charge in [-0.2, -0.15) is 0 Å². The molecular formula is C18H19NO6S. The summed E-state index contributed by atoms with van der Waals surface area (Å²) in [7, 11) is -2.13. The lowest BCUT2D eigenvalue weighted by molar-refractivity contribution is -0.133. The van der Waals surface area contributed by atoms with Gasteiger partial charge in [-0.3, -0.25) is 24.7 Å². The van der Waals surface area contributed by atoms with Gasteiger partial charge in [0.05, 0.1) is 23.5 Å². The second-order valence-electron chi connectivity index (χ2n) is 6.40. The Kier molecular flexibility index (Phi) is 4.81. The zero-order valence-electron chi connectivity index (χ0n) is 14.5. The summed E-state index contributed by atoms with van der Waals surface area (Å²) < 4.78 is 24.7. The first-order valence-corrected chi connectivity index (χ1v) is 9.88. The van der Waals surface area contributed by atoms with Crippen LogP contribution >= 0.6 is 0 Å². The number of benzene rings is 1. The molecule has 138 valence electrons. The molecule has 1 fully saturated rings. The molecule has 1 aromatic rings. The Hall–Kier alpha value is -2.32. The minimum Gasteiger partial charge on any atom is -0.298 e. The number of nitrogens with one attached hydrogen (secondary N) is 1. The number of hydrogen-bond acceptors (Lipinski definition) is 7. The van der Waals surface area contributed by atoms with Gasteiger partial charge in [0, 0.05) is 24.0 Å². The van der Waals surface area contributed by atoms with E-state index in [1.54, 1.807) is 6.92 Å². The smallest absolute Gasteiger partial charge is 0.182 e. The summed E-state index contributed by atoms with van der Waals surface area (Å²) in [5.41, 5.74) is 3.98. The number of rotatable bonds is 4. The van der Waals surface area contributed by atoms with Crippen LogP contribution in [-0.4, -0.2) is 38.6 Å². The molecule has 0 saturated heterocycles. The van der Waals surface area contributed by atoms with Crippen molar-refractivity contribution in [2.75, 3.05) is 12.9 Å². The molecule has 8 heteroatoms.